The monoisotopic (exact) mass is 938 g/mol. The van der Waals surface area contributed by atoms with Gasteiger partial charge in [0, 0.05) is 44.6 Å². The van der Waals surface area contributed by atoms with Gasteiger partial charge in [-0.1, -0.05) is 98.9 Å². The zero-order valence-electron chi connectivity index (χ0n) is 38.5. The first-order valence-corrected chi connectivity index (χ1v) is 22.7. The summed E-state index contributed by atoms with van der Waals surface area (Å²) >= 11 is 0. The third-order valence-electron chi connectivity index (χ3n) is 12.4. The lowest BCUT2D eigenvalue weighted by molar-refractivity contribution is -0.317. The van der Waals surface area contributed by atoms with Crippen LogP contribution in [0.4, 0.5) is 0 Å². The average molecular weight is 938 g/mol. The highest BCUT2D eigenvalue weighted by atomic mass is 16.7. The number of rotatable bonds is 4. The van der Waals surface area contributed by atoms with Gasteiger partial charge in [0.05, 0.1) is 79.6 Å². The molecule has 3 heterocycles. The van der Waals surface area contributed by atoms with E-state index in [1.165, 1.54) is 7.11 Å². The van der Waals surface area contributed by atoms with Gasteiger partial charge in [-0.05, 0) is 33.1 Å². The molecule has 2 bridgehead atoms. The summed E-state index contributed by atoms with van der Waals surface area (Å²) in [5.74, 6) is -6.12. The van der Waals surface area contributed by atoms with Gasteiger partial charge in [-0.25, -0.2) is 0 Å². The van der Waals surface area contributed by atoms with Gasteiger partial charge in [0.1, 0.15) is 18.1 Å². The SMILES string of the molecule is CO[C@]12C[C@@H](O)C[C@@H](O)[C@H](O)CC[C@@H](O)C[C@@H](O)CC(=O)O[C@@H](C)[C@H](C)[C@H](O)[C@@H](C)\C=C/C=C/C=C/C=C/C=C/C=C/C=C/[C@H](O[C@@H]3O[C@H](C)[C@@H](O)[C@H](N)[C@@H]3O)C[C@H](O1)[C@H](C(=O)O)[C@@H](O)C2. The molecule has 66 heavy (non-hydrogen) atoms. The van der Waals surface area contributed by atoms with Gasteiger partial charge in [-0.15, -0.1) is 0 Å². The fourth-order valence-electron chi connectivity index (χ4n) is 8.16. The molecule has 2 fully saturated rings. The molecule has 374 valence electrons. The Morgan fingerprint density at radius 3 is 1.82 bits per heavy atom. The number of aliphatic hydroxyl groups is 9. The number of nitrogens with two attached hydrogens (primary N) is 1. The maximum absolute atomic E-state index is 12.6. The zero-order valence-corrected chi connectivity index (χ0v) is 38.5. The van der Waals surface area contributed by atoms with Crippen LogP contribution in [-0.2, 0) is 33.3 Å². The van der Waals surface area contributed by atoms with Crippen LogP contribution in [0.5, 0.6) is 0 Å². The number of methoxy groups -OCH3 is 1. The summed E-state index contributed by atoms with van der Waals surface area (Å²) in [5.41, 5.74) is 6.05. The quantitative estimate of drug-likeness (QED) is 0.177. The number of aliphatic hydroxyl groups excluding tert-OH is 9. The van der Waals surface area contributed by atoms with E-state index < -0.39 is 141 Å². The molecule has 0 aromatic rings. The molecule has 0 radical (unpaired) electrons. The minimum absolute atomic E-state index is 0.0813. The van der Waals surface area contributed by atoms with Gasteiger partial charge in [0.25, 0.3) is 0 Å². The highest BCUT2D eigenvalue weighted by Gasteiger charge is 2.52. The molecule has 12 N–H and O–H groups in total. The molecular weight excluding hydrogens is 863 g/mol. The van der Waals surface area contributed by atoms with E-state index in [2.05, 4.69) is 0 Å². The Hall–Kier alpha value is -3.44. The van der Waals surface area contributed by atoms with Crippen molar-refractivity contribution in [3.8, 4) is 0 Å². The van der Waals surface area contributed by atoms with Crippen LogP contribution in [0.2, 0.25) is 0 Å². The fourth-order valence-corrected chi connectivity index (χ4v) is 8.16. The van der Waals surface area contributed by atoms with E-state index in [1.807, 2.05) is 37.3 Å². The van der Waals surface area contributed by atoms with Crippen LogP contribution in [0.15, 0.2) is 85.1 Å². The first-order valence-electron chi connectivity index (χ1n) is 22.7. The number of hydrogen-bond acceptors (Lipinski definition) is 17. The van der Waals surface area contributed by atoms with Crippen molar-refractivity contribution in [2.24, 2.45) is 23.5 Å². The number of carboxylic acids is 1. The number of carbonyl (C=O) groups excluding carboxylic acids is 1. The molecule has 0 amide bonds. The van der Waals surface area contributed by atoms with E-state index in [1.54, 1.807) is 75.5 Å². The second-order valence-electron chi connectivity index (χ2n) is 17.7. The summed E-state index contributed by atoms with van der Waals surface area (Å²) in [6, 6.07) is -1.13. The molecule has 3 rings (SSSR count). The summed E-state index contributed by atoms with van der Waals surface area (Å²) in [4.78, 5) is 25.2. The van der Waals surface area contributed by atoms with E-state index in [-0.39, 0.29) is 38.0 Å². The van der Waals surface area contributed by atoms with Crippen LogP contribution in [0.3, 0.4) is 0 Å². The number of carboxylic acid groups (broad SMARTS) is 1. The van der Waals surface area contributed by atoms with Gasteiger partial charge < -0.3 is 80.5 Å². The average Bonchev–Trinajstić information content (AvgIpc) is 3.24. The van der Waals surface area contributed by atoms with Crippen molar-refractivity contribution in [3.05, 3.63) is 85.1 Å². The molecule has 3 aliphatic rings. The molecule has 18 heteroatoms. The number of allylic oxidation sites excluding steroid dienone is 12. The number of carbonyl (C=O) groups is 2. The number of fused-ring (bicyclic) bond motifs is 2. The van der Waals surface area contributed by atoms with Crippen molar-refractivity contribution < 1.29 is 84.3 Å². The minimum Gasteiger partial charge on any atom is -0.481 e. The number of cyclic esters (lactones) is 1. The van der Waals surface area contributed by atoms with E-state index in [9.17, 15) is 60.7 Å². The van der Waals surface area contributed by atoms with Gasteiger partial charge in [0.2, 0.25) is 0 Å². The molecule has 0 saturated carbocycles. The molecule has 18 nitrogen and oxygen atoms in total. The summed E-state index contributed by atoms with van der Waals surface area (Å²) in [5, 5.41) is 108. The van der Waals surface area contributed by atoms with Crippen LogP contribution >= 0.6 is 0 Å². The van der Waals surface area contributed by atoms with Crippen molar-refractivity contribution in [3.63, 3.8) is 0 Å². The lowest BCUT2D eigenvalue weighted by Crippen LogP contribution is -2.61. The van der Waals surface area contributed by atoms with E-state index in [0.29, 0.717) is 0 Å². The molecule has 0 spiro atoms. The predicted octanol–water partition coefficient (Wildman–Crippen LogP) is 1.37. The molecule has 3 aliphatic heterocycles. The number of ether oxygens (including phenoxy) is 5. The van der Waals surface area contributed by atoms with E-state index in [4.69, 9.17) is 29.4 Å². The largest absolute Gasteiger partial charge is 0.481 e. The second-order valence-corrected chi connectivity index (χ2v) is 17.7. The van der Waals surface area contributed by atoms with Crippen molar-refractivity contribution in [2.45, 2.75) is 177 Å². The number of esters is 1. The topological polar surface area (TPSA) is 309 Å². The normalized spacial score (nSPS) is 45.0. The van der Waals surface area contributed by atoms with Crippen molar-refractivity contribution in [1.29, 1.82) is 0 Å². The lowest BCUT2D eigenvalue weighted by atomic mass is 9.82. The van der Waals surface area contributed by atoms with E-state index in [0.717, 1.165) is 0 Å². The molecule has 0 aromatic heterocycles. The Bertz CT molecular complexity index is 1680. The Morgan fingerprint density at radius 2 is 1.24 bits per heavy atom. The lowest BCUT2D eigenvalue weighted by Gasteiger charge is -2.47. The van der Waals surface area contributed by atoms with Gasteiger partial charge in [-0.3, -0.25) is 9.59 Å². The number of hydrogen-bond donors (Lipinski definition) is 11. The Balaban J connectivity index is 1.89. The van der Waals surface area contributed by atoms with Gasteiger partial charge in [-0.2, -0.15) is 0 Å². The standard InChI is InChI=1S/C48H75NO17/c1-28-18-16-14-12-10-8-6-7-9-11-13-15-17-19-35(65-47-45(59)42(49)44(58)31(4)64-47)25-39-41(46(60)61)38(55)27-48(62-5,66-39)26-34(52)23-37(54)36(53)21-20-32(50)22-33(51)24-40(56)63-30(3)29(2)43(28)57/h6-19,28-39,41-45,47,50-55,57-59H,20-27,49H2,1-5H3,(H,60,61)/b7-6+,10-8+,11-9+,14-12+,15-13+,18-16-,19-17+/t28-,29-,30-,31+,32+,33+,34-,35-,36+,37+,38-,39-,41+,42-,43+,44+,45-,47-,48+/m0/s1. The third-order valence-corrected chi connectivity index (χ3v) is 12.4. The zero-order chi connectivity index (χ0) is 49.1. The highest BCUT2D eigenvalue weighted by Crippen LogP contribution is 2.40. The van der Waals surface area contributed by atoms with Crippen LogP contribution in [0.25, 0.3) is 0 Å². The first-order chi connectivity index (χ1) is 31.2. The summed E-state index contributed by atoms with van der Waals surface area (Å²) in [6.45, 7) is 6.79. The Morgan fingerprint density at radius 1 is 0.667 bits per heavy atom. The fraction of sp³-hybridized carbons (Fsp3) is 0.667. The predicted molar refractivity (Wildman–Crippen MR) is 242 cm³/mol. The van der Waals surface area contributed by atoms with Crippen LogP contribution < -0.4 is 5.73 Å². The molecular formula is C48H75NO17. The van der Waals surface area contributed by atoms with Crippen LogP contribution in [0.1, 0.15) is 79.1 Å². The smallest absolute Gasteiger partial charge is 0.311 e. The Labute approximate surface area is 387 Å². The molecule has 2 saturated heterocycles. The van der Waals surface area contributed by atoms with Crippen molar-refractivity contribution >= 4 is 11.9 Å². The maximum atomic E-state index is 12.6. The van der Waals surface area contributed by atoms with Crippen LogP contribution in [0, 0.1) is 17.8 Å². The molecule has 0 aliphatic carbocycles. The van der Waals surface area contributed by atoms with Crippen LogP contribution in [-0.4, -0.2) is 168 Å². The second kappa shape index (κ2) is 28.1. The summed E-state index contributed by atoms with van der Waals surface area (Å²) in [7, 11) is 1.25. The van der Waals surface area contributed by atoms with Crippen molar-refractivity contribution in [1.82, 2.24) is 0 Å². The maximum Gasteiger partial charge on any atom is 0.311 e. The highest BCUT2D eigenvalue weighted by molar-refractivity contribution is 5.71. The van der Waals surface area contributed by atoms with Crippen molar-refractivity contribution in [2.75, 3.05) is 7.11 Å². The third kappa shape index (κ3) is 18.2. The number of aliphatic carboxylic acids is 1. The molecule has 19 atom stereocenters. The van der Waals surface area contributed by atoms with Gasteiger partial charge >= 0.3 is 11.9 Å². The summed E-state index contributed by atoms with van der Waals surface area (Å²) in [6.07, 6.45) is 5.15. The first kappa shape index (κ1) is 56.9. The van der Waals surface area contributed by atoms with E-state index >= 15 is 0 Å². The molecule has 0 aromatic carbocycles. The molecule has 0 unspecified atom stereocenters. The van der Waals surface area contributed by atoms with Gasteiger partial charge in [0.15, 0.2) is 12.1 Å². The Kier molecular flexibility index (Phi) is 24.3. The minimum atomic E-state index is -1.78. The summed E-state index contributed by atoms with van der Waals surface area (Å²) < 4.78 is 29.3.